The second-order valence-corrected chi connectivity index (χ2v) is 8.01. The molecule has 1 amide bonds. The van der Waals surface area contributed by atoms with Gasteiger partial charge in [0.15, 0.2) is 5.76 Å². The predicted octanol–water partition coefficient (Wildman–Crippen LogP) is 2.76. The zero-order chi connectivity index (χ0) is 19.1. The molecular formula is C19H26N2O5. The Kier molecular flexibility index (Phi) is 4.82. The number of methoxy groups -OCH3 is 1. The Bertz CT molecular complexity index is 754. The van der Waals surface area contributed by atoms with E-state index in [4.69, 9.17) is 9.15 Å². The third-order valence-corrected chi connectivity index (χ3v) is 5.43. The van der Waals surface area contributed by atoms with E-state index >= 15 is 0 Å². The van der Waals surface area contributed by atoms with Crippen molar-refractivity contribution in [3.63, 3.8) is 0 Å². The summed E-state index contributed by atoms with van der Waals surface area (Å²) in [5.74, 6) is 0.483. The van der Waals surface area contributed by atoms with Gasteiger partial charge in [-0.15, -0.1) is 0 Å². The van der Waals surface area contributed by atoms with E-state index < -0.39 is 0 Å². The first kappa shape index (κ1) is 18.5. The fourth-order valence-corrected chi connectivity index (χ4v) is 4.03. The zero-order valence-electron chi connectivity index (χ0n) is 15.8. The Balaban J connectivity index is 1.82. The predicted molar refractivity (Wildman–Crippen MR) is 94.5 cm³/mol. The third-order valence-electron chi connectivity index (χ3n) is 5.43. The maximum Gasteiger partial charge on any atom is 0.308 e. The van der Waals surface area contributed by atoms with Crippen LogP contribution in [0.15, 0.2) is 9.57 Å². The van der Waals surface area contributed by atoms with Crippen LogP contribution in [0.2, 0.25) is 0 Å². The minimum absolute atomic E-state index is 0.0853. The van der Waals surface area contributed by atoms with Gasteiger partial charge in [0, 0.05) is 30.6 Å². The molecule has 0 spiro atoms. The van der Waals surface area contributed by atoms with Crippen LogP contribution in [0.25, 0.3) is 0 Å². The van der Waals surface area contributed by atoms with Gasteiger partial charge in [-0.3, -0.25) is 9.59 Å². The fraction of sp³-hybridized carbons (Fsp3) is 0.632. The number of oxime groups is 1. The number of amides is 1. The Labute approximate surface area is 153 Å². The molecule has 1 aliphatic carbocycles. The molecule has 1 N–H and O–H groups in total. The molecule has 26 heavy (non-hydrogen) atoms. The van der Waals surface area contributed by atoms with Crippen molar-refractivity contribution in [1.29, 1.82) is 0 Å². The van der Waals surface area contributed by atoms with Gasteiger partial charge in [-0.1, -0.05) is 19.0 Å². The Morgan fingerprint density at radius 3 is 2.50 bits per heavy atom. The number of likely N-dealkylation sites (tertiary alicyclic amines) is 1. The van der Waals surface area contributed by atoms with Crippen LogP contribution < -0.4 is 0 Å². The number of nitrogens with zero attached hydrogens (tertiary/aromatic N) is 2. The number of carbonyl (C=O) groups is 2. The van der Waals surface area contributed by atoms with Crippen LogP contribution in [0.4, 0.5) is 0 Å². The highest BCUT2D eigenvalue weighted by Crippen LogP contribution is 2.39. The Hall–Kier alpha value is -2.31. The topological polar surface area (TPSA) is 92.3 Å². The van der Waals surface area contributed by atoms with Crippen LogP contribution >= 0.6 is 0 Å². The Morgan fingerprint density at radius 2 is 1.92 bits per heavy atom. The van der Waals surface area contributed by atoms with Crippen molar-refractivity contribution >= 4 is 17.6 Å². The first-order valence-corrected chi connectivity index (χ1v) is 8.98. The minimum atomic E-state index is -0.215. The fourth-order valence-electron chi connectivity index (χ4n) is 4.03. The molecule has 0 saturated carbocycles. The van der Waals surface area contributed by atoms with E-state index in [1.807, 2.05) is 6.92 Å². The second kappa shape index (κ2) is 6.78. The molecule has 7 heteroatoms. The van der Waals surface area contributed by atoms with E-state index in [2.05, 4.69) is 19.0 Å². The van der Waals surface area contributed by atoms with E-state index in [0.29, 0.717) is 56.0 Å². The molecule has 142 valence electrons. The van der Waals surface area contributed by atoms with Gasteiger partial charge in [0.2, 0.25) is 0 Å². The standard InChI is InChI=1S/C19H26N2O5/c1-11-15-13(20-24)9-19(2,3)10-14(15)26-16(11)17(22)21-7-5-12(6-8-21)18(23)25-4/h12,24H,5-10H2,1-4H3/b20-13-. The first-order valence-electron chi connectivity index (χ1n) is 8.98. The summed E-state index contributed by atoms with van der Waals surface area (Å²) in [4.78, 5) is 26.3. The lowest BCUT2D eigenvalue weighted by molar-refractivity contribution is -0.146. The van der Waals surface area contributed by atoms with E-state index in [0.717, 1.165) is 11.1 Å². The SMILES string of the molecule is COC(=O)C1CCN(C(=O)c2oc3c(c2C)/C(=N\O)CC(C)(C)C3)CC1. The van der Waals surface area contributed by atoms with Gasteiger partial charge in [-0.2, -0.15) is 0 Å². The van der Waals surface area contributed by atoms with Gasteiger partial charge in [-0.05, 0) is 31.6 Å². The molecule has 1 aromatic heterocycles. The number of piperidine rings is 1. The van der Waals surface area contributed by atoms with Crippen molar-refractivity contribution in [2.24, 2.45) is 16.5 Å². The number of carbonyl (C=O) groups excluding carboxylic acids is 2. The molecule has 1 aromatic rings. The van der Waals surface area contributed by atoms with Crippen molar-refractivity contribution in [3.8, 4) is 0 Å². The van der Waals surface area contributed by atoms with Crippen molar-refractivity contribution in [3.05, 3.63) is 22.6 Å². The second-order valence-electron chi connectivity index (χ2n) is 8.01. The molecule has 0 unspecified atom stereocenters. The van der Waals surface area contributed by atoms with Crippen LogP contribution in [0.5, 0.6) is 0 Å². The van der Waals surface area contributed by atoms with Crippen molar-refractivity contribution in [2.75, 3.05) is 20.2 Å². The van der Waals surface area contributed by atoms with Gasteiger partial charge >= 0.3 is 5.97 Å². The van der Waals surface area contributed by atoms with Crippen molar-refractivity contribution in [2.45, 2.75) is 46.5 Å². The van der Waals surface area contributed by atoms with Gasteiger partial charge in [0.1, 0.15) is 5.76 Å². The monoisotopic (exact) mass is 362 g/mol. The summed E-state index contributed by atoms with van der Waals surface area (Å²) in [5.41, 5.74) is 1.97. The largest absolute Gasteiger partial charge is 0.469 e. The average Bonchev–Trinajstić information content (AvgIpc) is 2.95. The van der Waals surface area contributed by atoms with E-state index in [-0.39, 0.29) is 23.2 Å². The third kappa shape index (κ3) is 3.22. The van der Waals surface area contributed by atoms with Crippen molar-refractivity contribution in [1.82, 2.24) is 4.90 Å². The molecule has 0 aromatic carbocycles. The lowest BCUT2D eigenvalue weighted by Gasteiger charge is -2.30. The maximum absolute atomic E-state index is 13.0. The van der Waals surface area contributed by atoms with Crippen LogP contribution in [0.3, 0.4) is 0 Å². The summed E-state index contributed by atoms with van der Waals surface area (Å²) in [7, 11) is 1.39. The van der Waals surface area contributed by atoms with Crippen LogP contribution in [-0.2, 0) is 16.0 Å². The molecule has 7 nitrogen and oxygen atoms in total. The maximum atomic E-state index is 13.0. The van der Waals surface area contributed by atoms with Gasteiger partial charge in [-0.25, -0.2) is 0 Å². The number of rotatable bonds is 2. The van der Waals surface area contributed by atoms with Gasteiger partial charge < -0.3 is 19.3 Å². The van der Waals surface area contributed by atoms with E-state index in [9.17, 15) is 14.8 Å². The molecular weight excluding hydrogens is 336 g/mol. The van der Waals surface area contributed by atoms with Crippen LogP contribution in [-0.4, -0.2) is 47.9 Å². The summed E-state index contributed by atoms with van der Waals surface area (Å²) in [6.07, 6.45) is 2.51. The van der Waals surface area contributed by atoms with Crippen LogP contribution in [0, 0.1) is 18.3 Å². The number of hydrogen-bond acceptors (Lipinski definition) is 6. The molecule has 3 rings (SSSR count). The average molecular weight is 362 g/mol. The molecule has 0 atom stereocenters. The minimum Gasteiger partial charge on any atom is -0.469 e. The molecule has 2 heterocycles. The molecule has 0 bridgehead atoms. The quantitative estimate of drug-likeness (QED) is 0.496. The summed E-state index contributed by atoms with van der Waals surface area (Å²) in [6, 6.07) is 0. The smallest absolute Gasteiger partial charge is 0.308 e. The summed E-state index contributed by atoms with van der Waals surface area (Å²) < 4.78 is 10.7. The normalized spacial score (nSPS) is 21.5. The van der Waals surface area contributed by atoms with E-state index in [1.165, 1.54) is 7.11 Å². The highest BCUT2D eigenvalue weighted by molar-refractivity contribution is 6.06. The first-order chi connectivity index (χ1) is 12.3. The Morgan fingerprint density at radius 1 is 1.27 bits per heavy atom. The molecule has 0 radical (unpaired) electrons. The van der Waals surface area contributed by atoms with Crippen LogP contribution in [0.1, 0.15) is 60.6 Å². The number of fused-ring (bicyclic) bond motifs is 1. The molecule has 1 fully saturated rings. The molecule has 1 aliphatic heterocycles. The molecule has 2 aliphatic rings. The van der Waals surface area contributed by atoms with E-state index in [1.54, 1.807) is 4.90 Å². The lowest BCUT2D eigenvalue weighted by atomic mass is 9.75. The number of esters is 1. The summed E-state index contributed by atoms with van der Waals surface area (Å²) in [5, 5.41) is 12.9. The summed E-state index contributed by atoms with van der Waals surface area (Å²) in [6.45, 7) is 6.99. The highest BCUT2D eigenvalue weighted by atomic mass is 16.5. The zero-order valence-corrected chi connectivity index (χ0v) is 15.8. The number of ether oxygens (including phenoxy) is 1. The van der Waals surface area contributed by atoms with Crippen molar-refractivity contribution < 1.29 is 24.0 Å². The lowest BCUT2D eigenvalue weighted by Crippen LogP contribution is -2.40. The van der Waals surface area contributed by atoms with Gasteiger partial charge in [0.05, 0.1) is 18.7 Å². The highest BCUT2D eigenvalue weighted by Gasteiger charge is 2.38. The van der Waals surface area contributed by atoms with Gasteiger partial charge in [0.25, 0.3) is 5.91 Å². The number of furan rings is 1. The number of hydrogen-bond donors (Lipinski definition) is 1. The molecule has 1 saturated heterocycles. The summed E-state index contributed by atoms with van der Waals surface area (Å²) >= 11 is 0.